The Labute approximate surface area is 144 Å². The molecule has 1 N–H and O–H groups in total. The maximum absolute atomic E-state index is 12.1. The summed E-state index contributed by atoms with van der Waals surface area (Å²) in [6, 6.07) is 5.84. The summed E-state index contributed by atoms with van der Waals surface area (Å²) in [5.74, 6) is 1.14. The third-order valence-corrected chi connectivity index (χ3v) is 4.33. The van der Waals surface area contributed by atoms with Crippen molar-refractivity contribution in [3.8, 4) is 11.5 Å². The van der Waals surface area contributed by atoms with Crippen LogP contribution in [-0.2, 0) is 0 Å². The Morgan fingerprint density at radius 1 is 1.38 bits per heavy atom. The fraction of sp³-hybridized carbons (Fsp3) is 0.526. The molecule has 0 bridgehead atoms. The molecule has 0 saturated carbocycles. The Balaban J connectivity index is 2.05. The van der Waals surface area contributed by atoms with Gasteiger partial charge in [0.2, 0.25) is 0 Å². The van der Waals surface area contributed by atoms with Crippen LogP contribution in [0.3, 0.4) is 0 Å². The van der Waals surface area contributed by atoms with Gasteiger partial charge in [-0.05, 0) is 44.9 Å². The first-order chi connectivity index (χ1) is 11.5. The van der Waals surface area contributed by atoms with Gasteiger partial charge >= 0.3 is 0 Å². The van der Waals surface area contributed by atoms with Crippen LogP contribution in [0.2, 0.25) is 0 Å². The molecule has 1 amide bonds. The molecule has 0 aliphatic carbocycles. The monoisotopic (exact) mass is 332 g/mol. The van der Waals surface area contributed by atoms with E-state index in [1.165, 1.54) is 0 Å². The van der Waals surface area contributed by atoms with Gasteiger partial charge in [0.05, 0.1) is 7.11 Å². The number of methoxy groups -OCH3 is 1. The lowest BCUT2D eigenvalue weighted by atomic mass is 10.1. The molecule has 1 aliphatic rings. The maximum atomic E-state index is 12.1. The molecule has 0 atom stereocenters. The second kappa shape index (κ2) is 8.73. The number of amides is 1. The van der Waals surface area contributed by atoms with Crippen LogP contribution in [0, 0.1) is 0 Å². The molecule has 1 saturated heterocycles. The Morgan fingerprint density at radius 2 is 2.08 bits per heavy atom. The minimum atomic E-state index is -0.142. The molecule has 5 heteroatoms. The molecule has 0 radical (unpaired) electrons. The van der Waals surface area contributed by atoms with Crippen molar-refractivity contribution in [2.24, 2.45) is 0 Å². The lowest BCUT2D eigenvalue weighted by Crippen LogP contribution is -2.41. The summed E-state index contributed by atoms with van der Waals surface area (Å²) in [5, 5.41) is 2.78. The van der Waals surface area contributed by atoms with Crippen molar-refractivity contribution in [2.45, 2.75) is 38.8 Å². The number of likely N-dealkylation sites (tertiary alicyclic amines) is 1. The zero-order chi connectivity index (χ0) is 17.5. The Bertz CT molecular complexity index is 564. The molecular weight excluding hydrogens is 304 g/mol. The van der Waals surface area contributed by atoms with Gasteiger partial charge in [0.25, 0.3) is 5.91 Å². The number of nitrogens with one attached hydrogen (secondary N) is 1. The van der Waals surface area contributed by atoms with Gasteiger partial charge in [-0.15, -0.1) is 6.58 Å². The molecule has 0 aromatic heterocycles. The first kappa shape index (κ1) is 18.3. The van der Waals surface area contributed by atoms with Crippen molar-refractivity contribution >= 4 is 5.91 Å². The fourth-order valence-corrected chi connectivity index (χ4v) is 2.87. The minimum Gasteiger partial charge on any atom is -0.493 e. The average Bonchev–Trinajstić information content (AvgIpc) is 2.60. The minimum absolute atomic E-state index is 0.142. The van der Waals surface area contributed by atoms with Gasteiger partial charge in [0, 0.05) is 31.2 Å². The number of hydrogen-bond acceptors (Lipinski definition) is 4. The second-order valence-corrected chi connectivity index (χ2v) is 6.31. The summed E-state index contributed by atoms with van der Waals surface area (Å²) in [7, 11) is 1.61. The van der Waals surface area contributed by atoms with Gasteiger partial charge in [0.15, 0.2) is 11.5 Å². The van der Waals surface area contributed by atoms with E-state index in [4.69, 9.17) is 9.47 Å². The SMILES string of the molecule is C=CCNC(=O)c1ccc(OC)c(OC2CCN(C(C)C)CC2)c1. The van der Waals surface area contributed by atoms with Crippen LogP contribution >= 0.6 is 0 Å². The molecule has 1 aromatic carbocycles. The van der Waals surface area contributed by atoms with E-state index < -0.39 is 0 Å². The van der Waals surface area contributed by atoms with E-state index in [2.05, 4.69) is 30.6 Å². The highest BCUT2D eigenvalue weighted by molar-refractivity contribution is 5.94. The topological polar surface area (TPSA) is 50.8 Å². The van der Waals surface area contributed by atoms with Crippen LogP contribution in [0.15, 0.2) is 30.9 Å². The van der Waals surface area contributed by atoms with Gasteiger partial charge in [-0.2, -0.15) is 0 Å². The number of ether oxygens (including phenoxy) is 2. The quantitative estimate of drug-likeness (QED) is 0.780. The number of nitrogens with zero attached hydrogens (tertiary/aromatic N) is 1. The first-order valence-electron chi connectivity index (χ1n) is 8.53. The van der Waals surface area contributed by atoms with Gasteiger partial charge in [-0.3, -0.25) is 4.79 Å². The first-order valence-corrected chi connectivity index (χ1v) is 8.53. The van der Waals surface area contributed by atoms with Crippen molar-refractivity contribution < 1.29 is 14.3 Å². The number of benzene rings is 1. The van der Waals surface area contributed by atoms with Gasteiger partial charge in [-0.25, -0.2) is 0 Å². The summed E-state index contributed by atoms with van der Waals surface area (Å²) in [6.07, 6.45) is 3.77. The van der Waals surface area contributed by atoms with E-state index in [1.54, 1.807) is 31.4 Å². The largest absolute Gasteiger partial charge is 0.493 e. The standard InChI is InChI=1S/C19H28N2O3/c1-5-10-20-19(22)15-6-7-17(23-4)18(13-15)24-16-8-11-21(12-9-16)14(2)3/h5-7,13-14,16H,1,8-12H2,2-4H3,(H,20,22). The number of carbonyl (C=O) groups is 1. The van der Waals surface area contributed by atoms with Crippen molar-refractivity contribution in [2.75, 3.05) is 26.7 Å². The van der Waals surface area contributed by atoms with Gasteiger partial charge in [0.1, 0.15) is 6.10 Å². The molecule has 2 rings (SSSR count). The highest BCUT2D eigenvalue weighted by Gasteiger charge is 2.23. The van der Waals surface area contributed by atoms with E-state index >= 15 is 0 Å². The molecule has 1 aromatic rings. The Morgan fingerprint density at radius 3 is 2.67 bits per heavy atom. The third-order valence-electron chi connectivity index (χ3n) is 4.33. The highest BCUT2D eigenvalue weighted by Crippen LogP contribution is 2.31. The predicted molar refractivity (Wildman–Crippen MR) is 95.9 cm³/mol. The predicted octanol–water partition coefficient (Wildman–Crippen LogP) is 2.86. The molecule has 0 unspecified atom stereocenters. The van der Waals surface area contributed by atoms with Crippen LogP contribution < -0.4 is 14.8 Å². The van der Waals surface area contributed by atoms with E-state index in [1.807, 2.05) is 0 Å². The molecule has 0 spiro atoms. The average molecular weight is 332 g/mol. The van der Waals surface area contributed by atoms with E-state index in [0.717, 1.165) is 25.9 Å². The number of carbonyl (C=O) groups excluding carboxylic acids is 1. The summed E-state index contributed by atoms with van der Waals surface area (Å²) in [4.78, 5) is 14.6. The van der Waals surface area contributed by atoms with Crippen LogP contribution in [0.25, 0.3) is 0 Å². The van der Waals surface area contributed by atoms with E-state index in [0.29, 0.717) is 29.6 Å². The lowest BCUT2D eigenvalue weighted by Gasteiger charge is -2.34. The summed E-state index contributed by atoms with van der Waals surface area (Å²) < 4.78 is 11.5. The van der Waals surface area contributed by atoms with E-state index in [9.17, 15) is 4.79 Å². The smallest absolute Gasteiger partial charge is 0.251 e. The molecule has 24 heavy (non-hydrogen) atoms. The zero-order valence-electron chi connectivity index (χ0n) is 14.9. The summed E-state index contributed by atoms with van der Waals surface area (Å²) in [6.45, 7) is 10.5. The summed E-state index contributed by atoms with van der Waals surface area (Å²) in [5.41, 5.74) is 0.562. The lowest BCUT2D eigenvalue weighted by molar-refractivity contribution is 0.0819. The normalized spacial score (nSPS) is 16.0. The number of rotatable bonds is 7. The van der Waals surface area contributed by atoms with E-state index in [-0.39, 0.29) is 12.0 Å². The van der Waals surface area contributed by atoms with Gasteiger partial charge in [-0.1, -0.05) is 6.08 Å². The van der Waals surface area contributed by atoms with Crippen LogP contribution in [-0.4, -0.2) is 49.7 Å². The molecule has 1 heterocycles. The van der Waals surface area contributed by atoms with Crippen molar-refractivity contribution in [3.63, 3.8) is 0 Å². The molecule has 1 fully saturated rings. The van der Waals surface area contributed by atoms with Crippen molar-refractivity contribution in [1.29, 1.82) is 0 Å². The molecule has 1 aliphatic heterocycles. The number of piperidine rings is 1. The fourth-order valence-electron chi connectivity index (χ4n) is 2.87. The van der Waals surface area contributed by atoms with Crippen LogP contribution in [0.1, 0.15) is 37.0 Å². The van der Waals surface area contributed by atoms with Gasteiger partial charge < -0.3 is 19.7 Å². The molecule has 132 valence electrons. The third kappa shape index (κ3) is 4.74. The maximum Gasteiger partial charge on any atom is 0.251 e. The Kier molecular flexibility index (Phi) is 6.67. The van der Waals surface area contributed by atoms with Crippen LogP contribution in [0.5, 0.6) is 11.5 Å². The Hall–Kier alpha value is -2.01. The summed E-state index contributed by atoms with van der Waals surface area (Å²) >= 11 is 0. The second-order valence-electron chi connectivity index (χ2n) is 6.31. The molecule has 5 nitrogen and oxygen atoms in total. The highest BCUT2D eigenvalue weighted by atomic mass is 16.5. The van der Waals surface area contributed by atoms with Crippen molar-refractivity contribution in [1.82, 2.24) is 10.2 Å². The van der Waals surface area contributed by atoms with Crippen molar-refractivity contribution in [3.05, 3.63) is 36.4 Å². The number of hydrogen-bond donors (Lipinski definition) is 1. The molecular formula is C19H28N2O3. The van der Waals surface area contributed by atoms with Crippen LogP contribution in [0.4, 0.5) is 0 Å². The zero-order valence-corrected chi connectivity index (χ0v) is 14.9.